The van der Waals surface area contributed by atoms with E-state index in [0.717, 1.165) is 22.7 Å². The van der Waals surface area contributed by atoms with Crippen molar-refractivity contribution in [2.75, 3.05) is 0 Å². The minimum atomic E-state index is -1.08. The first-order valence-electron chi connectivity index (χ1n) is 8.25. The smallest absolute Gasteiger partial charge is 0.287 e. The zero-order valence-corrected chi connectivity index (χ0v) is 15.1. The Morgan fingerprint density at radius 2 is 1.63 bits per heavy atom. The number of hydrogen-bond donors (Lipinski definition) is 2. The van der Waals surface area contributed by atoms with Gasteiger partial charge in [-0.05, 0) is 22.7 Å². The Morgan fingerprint density at radius 1 is 1.00 bits per heavy atom. The number of carbonyl (C=O) groups excluding carboxylic acids is 3. The first-order chi connectivity index (χ1) is 13.1. The largest absolute Gasteiger partial charge is 0.363 e. The number of carbonyl (C=O) groups is 3. The minimum absolute atomic E-state index is 0.174. The van der Waals surface area contributed by atoms with Crippen molar-refractivity contribution in [2.24, 2.45) is 5.73 Å². The third-order valence-corrected chi connectivity index (χ3v) is 4.81. The van der Waals surface area contributed by atoms with Gasteiger partial charge in [0.15, 0.2) is 0 Å². The maximum Gasteiger partial charge on any atom is 0.287 e. The number of Topliss-reactive ketones (excluding diaryl/α,β-unsaturated/α-hetero) is 1. The second-order valence-corrected chi connectivity index (χ2v) is 6.68. The van der Waals surface area contributed by atoms with Gasteiger partial charge in [0.25, 0.3) is 11.8 Å². The quantitative estimate of drug-likeness (QED) is 0.614. The predicted octanol–water partition coefficient (Wildman–Crippen LogP) is 2.21. The van der Waals surface area contributed by atoms with Gasteiger partial charge in [-0.1, -0.05) is 60.7 Å². The molecule has 0 bridgehead atoms. The molecule has 2 aromatic carbocycles. The van der Waals surface area contributed by atoms with E-state index >= 15 is 0 Å². The molecule has 0 aliphatic rings. The van der Waals surface area contributed by atoms with Crippen LogP contribution in [0.5, 0.6) is 0 Å². The molecular formula is C20H17N3O3S. The Bertz CT molecular complexity index is 955. The lowest BCUT2D eigenvalue weighted by Gasteiger charge is -2.16. The highest BCUT2D eigenvalue weighted by molar-refractivity contribution is 7.08. The Labute approximate surface area is 160 Å². The number of nitrogens with zero attached hydrogens (tertiary/aromatic N) is 1. The molecule has 0 fully saturated rings. The van der Waals surface area contributed by atoms with Crippen LogP contribution in [0, 0.1) is 0 Å². The van der Waals surface area contributed by atoms with E-state index in [-0.39, 0.29) is 6.42 Å². The van der Waals surface area contributed by atoms with E-state index < -0.39 is 23.6 Å². The van der Waals surface area contributed by atoms with E-state index in [2.05, 4.69) is 9.69 Å². The predicted molar refractivity (Wildman–Crippen MR) is 103 cm³/mol. The molecule has 1 aromatic heterocycles. The average molecular weight is 379 g/mol. The van der Waals surface area contributed by atoms with Gasteiger partial charge in [0.05, 0.1) is 0 Å². The van der Waals surface area contributed by atoms with E-state index in [0.29, 0.717) is 10.4 Å². The van der Waals surface area contributed by atoms with Crippen LogP contribution in [0.25, 0.3) is 11.1 Å². The number of amides is 2. The van der Waals surface area contributed by atoms with Crippen LogP contribution < -0.4 is 11.1 Å². The molecule has 0 spiro atoms. The summed E-state index contributed by atoms with van der Waals surface area (Å²) in [7, 11) is 0. The fourth-order valence-corrected chi connectivity index (χ4v) is 3.36. The lowest BCUT2D eigenvalue weighted by molar-refractivity contribution is -0.137. The molecule has 136 valence electrons. The SMILES string of the molecule is NC(=O)C(=O)C(Cc1ccccc1)NC(=O)c1sncc1-c1ccccc1. The molecule has 27 heavy (non-hydrogen) atoms. The Hall–Kier alpha value is -3.32. The number of primary amides is 1. The highest BCUT2D eigenvalue weighted by Crippen LogP contribution is 2.26. The summed E-state index contributed by atoms with van der Waals surface area (Å²) in [6, 6.07) is 17.4. The molecule has 2 amide bonds. The maximum absolute atomic E-state index is 12.8. The first-order valence-corrected chi connectivity index (χ1v) is 9.02. The van der Waals surface area contributed by atoms with Gasteiger partial charge in [0.1, 0.15) is 10.9 Å². The molecule has 7 heteroatoms. The Morgan fingerprint density at radius 3 is 2.26 bits per heavy atom. The monoisotopic (exact) mass is 379 g/mol. The van der Waals surface area contributed by atoms with Gasteiger partial charge in [-0.25, -0.2) is 0 Å². The number of nitrogens with two attached hydrogens (primary N) is 1. The van der Waals surface area contributed by atoms with Crippen LogP contribution in [0.1, 0.15) is 15.2 Å². The molecule has 0 radical (unpaired) electrons. The van der Waals surface area contributed by atoms with Crippen LogP contribution in [-0.2, 0) is 16.0 Å². The number of hydrogen-bond acceptors (Lipinski definition) is 5. The lowest BCUT2D eigenvalue weighted by atomic mass is 10.0. The van der Waals surface area contributed by atoms with Gasteiger partial charge in [-0.15, -0.1) is 0 Å². The van der Waals surface area contributed by atoms with Crippen LogP contribution in [-0.4, -0.2) is 28.0 Å². The summed E-state index contributed by atoms with van der Waals surface area (Å²) in [5, 5.41) is 2.64. The van der Waals surface area contributed by atoms with Crippen LogP contribution in [0.3, 0.4) is 0 Å². The molecular weight excluding hydrogens is 362 g/mol. The third-order valence-electron chi connectivity index (χ3n) is 4.01. The van der Waals surface area contributed by atoms with Gasteiger partial charge in [0, 0.05) is 18.2 Å². The fourth-order valence-electron chi connectivity index (χ4n) is 2.68. The van der Waals surface area contributed by atoms with Crippen LogP contribution in [0.4, 0.5) is 0 Å². The lowest BCUT2D eigenvalue weighted by Crippen LogP contribution is -2.47. The second-order valence-electron chi connectivity index (χ2n) is 5.88. The number of rotatable bonds is 7. The molecule has 3 rings (SSSR count). The zero-order valence-electron chi connectivity index (χ0n) is 14.3. The van der Waals surface area contributed by atoms with Crippen LogP contribution in [0.15, 0.2) is 66.9 Å². The van der Waals surface area contributed by atoms with Crippen molar-refractivity contribution in [3.63, 3.8) is 0 Å². The molecule has 6 nitrogen and oxygen atoms in total. The molecule has 1 atom stereocenters. The maximum atomic E-state index is 12.8. The standard InChI is InChI=1S/C20H17N3O3S/c21-19(25)17(24)16(11-13-7-3-1-4-8-13)23-20(26)18-15(12-22-27-18)14-9-5-2-6-10-14/h1-10,12,16H,11H2,(H2,21,25)(H,23,26). The molecule has 0 aliphatic heterocycles. The van der Waals surface area contributed by atoms with Gasteiger partial charge in [0.2, 0.25) is 5.78 Å². The van der Waals surface area contributed by atoms with Crippen molar-refractivity contribution in [1.82, 2.24) is 9.69 Å². The second kappa shape index (κ2) is 8.37. The fraction of sp³-hybridized carbons (Fsp3) is 0.100. The molecule has 3 N–H and O–H groups in total. The van der Waals surface area contributed by atoms with E-state index in [1.54, 1.807) is 6.20 Å². The Balaban J connectivity index is 1.84. The highest BCUT2D eigenvalue weighted by atomic mass is 32.1. The van der Waals surface area contributed by atoms with Crippen LogP contribution in [0.2, 0.25) is 0 Å². The normalized spacial score (nSPS) is 11.6. The number of benzene rings is 2. The van der Waals surface area contributed by atoms with E-state index in [4.69, 9.17) is 5.73 Å². The first kappa shape index (κ1) is 18.5. The van der Waals surface area contributed by atoms with E-state index in [1.807, 2.05) is 60.7 Å². The molecule has 0 saturated heterocycles. The third kappa shape index (κ3) is 4.45. The van der Waals surface area contributed by atoms with Crippen LogP contribution >= 0.6 is 11.5 Å². The summed E-state index contributed by atoms with van der Waals surface area (Å²) < 4.78 is 4.10. The molecule has 0 aliphatic carbocycles. The van der Waals surface area contributed by atoms with E-state index in [9.17, 15) is 14.4 Å². The molecule has 3 aromatic rings. The molecule has 0 saturated carbocycles. The summed E-state index contributed by atoms with van der Waals surface area (Å²) in [6.07, 6.45) is 1.78. The van der Waals surface area contributed by atoms with E-state index in [1.165, 1.54) is 0 Å². The van der Waals surface area contributed by atoms with Gasteiger partial charge >= 0.3 is 0 Å². The summed E-state index contributed by atoms with van der Waals surface area (Å²) in [4.78, 5) is 36.8. The summed E-state index contributed by atoms with van der Waals surface area (Å²) >= 11 is 1.03. The molecule has 1 heterocycles. The zero-order chi connectivity index (χ0) is 19.2. The summed E-state index contributed by atoms with van der Waals surface area (Å²) in [5.41, 5.74) is 7.48. The van der Waals surface area contributed by atoms with Crippen molar-refractivity contribution in [1.29, 1.82) is 0 Å². The number of nitrogens with one attached hydrogen (secondary N) is 1. The number of aromatic nitrogens is 1. The van der Waals surface area contributed by atoms with Gasteiger partial charge in [-0.2, -0.15) is 4.37 Å². The van der Waals surface area contributed by atoms with Crippen molar-refractivity contribution in [2.45, 2.75) is 12.5 Å². The van der Waals surface area contributed by atoms with Crippen molar-refractivity contribution < 1.29 is 14.4 Å². The average Bonchev–Trinajstić information content (AvgIpc) is 3.18. The van der Waals surface area contributed by atoms with Gasteiger partial charge in [-0.3, -0.25) is 14.4 Å². The van der Waals surface area contributed by atoms with Gasteiger partial charge < -0.3 is 11.1 Å². The highest BCUT2D eigenvalue weighted by Gasteiger charge is 2.27. The summed E-state index contributed by atoms with van der Waals surface area (Å²) in [6.45, 7) is 0. The van der Waals surface area contributed by atoms with Crippen molar-refractivity contribution in [3.05, 3.63) is 77.3 Å². The van der Waals surface area contributed by atoms with Crippen molar-refractivity contribution >= 4 is 29.1 Å². The van der Waals surface area contributed by atoms with Crippen molar-refractivity contribution in [3.8, 4) is 11.1 Å². The Kier molecular flexibility index (Phi) is 5.73. The minimum Gasteiger partial charge on any atom is -0.363 e. The number of ketones is 1. The molecule has 1 unspecified atom stereocenters. The summed E-state index contributed by atoms with van der Waals surface area (Å²) in [5.74, 6) is -2.38. The topological polar surface area (TPSA) is 102 Å².